The number of aromatic nitrogens is 1. The van der Waals surface area contributed by atoms with Gasteiger partial charge in [-0.05, 0) is 47.5 Å². The van der Waals surface area contributed by atoms with Gasteiger partial charge in [-0.1, -0.05) is 32.9 Å². The highest BCUT2D eigenvalue weighted by atomic mass is 32.1. The van der Waals surface area contributed by atoms with Crippen molar-refractivity contribution < 1.29 is 9.90 Å². The fourth-order valence-electron chi connectivity index (χ4n) is 4.16. The number of thiazole rings is 1. The van der Waals surface area contributed by atoms with E-state index < -0.39 is 0 Å². The zero-order valence-corrected chi connectivity index (χ0v) is 18.7. The first-order valence-corrected chi connectivity index (χ1v) is 12.1. The SMILES string of the molecule is Cc1nc2ccc(C3=CC(=O)N4C=C(C5=CCN(CCO)CC5)C=CC4P3)cc2s1. The molecule has 1 aromatic heterocycles. The number of β-amino-alcohol motifs (C(OH)–C–C–N with tert-alkyl or cyclic N) is 1. The lowest BCUT2D eigenvalue weighted by atomic mass is 9.98. The van der Waals surface area contributed by atoms with Crippen LogP contribution in [0.15, 0.2) is 59.8 Å². The number of allylic oxidation sites excluding steroid dienone is 2. The first-order chi connectivity index (χ1) is 14.6. The Morgan fingerprint density at radius 2 is 2.27 bits per heavy atom. The summed E-state index contributed by atoms with van der Waals surface area (Å²) in [5.41, 5.74) is 4.57. The Balaban J connectivity index is 1.37. The molecule has 3 aliphatic rings. The highest BCUT2D eigenvalue weighted by molar-refractivity contribution is 7.51. The molecule has 154 valence electrons. The lowest BCUT2D eigenvalue weighted by Crippen LogP contribution is -2.36. The second-order valence-electron chi connectivity index (χ2n) is 7.76. The average molecular weight is 438 g/mol. The van der Waals surface area contributed by atoms with E-state index in [0.717, 1.165) is 46.5 Å². The van der Waals surface area contributed by atoms with Crippen molar-refractivity contribution in [1.82, 2.24) is 14.8 Å². The summed E-state index contributed by atoms with van der Waals surface area (Å²) in [6.07, 6.45) is 11.3. The smallest absolute Gasteiger partial charge is 0.252 e. The van der Waals surface area contributed by atoms with Crippen molar-refractivity contribution in [3.63, 3.8) is 0 Å². The molecule has 0 aliphatic carbocycles. The van der Waals surface area contributed by atoms with Gasteiger partial charge in [-0.2, -0.15) is 0 Å². The third-order valence-electron chi connectivity index (χ3n) is 5.75. The molecule has 5 nitrogen and oxygen atoms in total. The standard InChI is InChI=1S/C23H24N3O2PS/c1-15-24-19-4-2-17(12-21(19)30-15)20-13-22(28)26-14-18(3-5-23(26)29-20)16-6-8-25(9-7-16)10-11-27/h2-6,12-14,23,27,29H,7-11H2,1H3. The van der Waals surface area contributed by atoms with Gasteiger partial charge >= 0.3 is 0 Å². The molecule has 0 radical (unpaired) electrons. The zero-order chi connectivity index (χ0) is 20.7. The molecule has 0 bridgehead atoms. The normalized spacial score (nSPS) is 22.9. The number of carbonyl (C=O) groups excluding carboxylic acids is 1. The second-order valence-corrected chi connectivity index (χ2v) is 10.4. The van der Waals surface area contributed by atoms with Gasteiger partial charge in [0.25, 0.3) is 5.91 Å². The number of hydrogen-bond donors (Lipinski definition) is 1. The van der Waals surface area contributed by atoms with Crippen molar-refractivity contribution in [2.45, 2.75) is 19.1 Å². The van der Waals surface area contributed by atoms with Crippen molar-refractivity contribution in [3.05, 3.63) is 70.4 Å². The van der Waals surface area contributed by atoms with Gasteiger partial charge in [-0.15, -0.1) is 11.3 Å². The van der Waals surface area contributed by atoms with Gasteiger partial charge in [0, 0.05) is 31.9 Å². The summed E-state index contributed by atoms with van der Waals surface area (Å²) in [6.45, 7) is 4.73. The Hall–Kier alpha value is -2.11. The van der Waals surface area contributed by atoms with Gasteiger partial charge in [0.05, 0.1) is 27.6 Å². The van der Waals surface area contributed by atoms with E-state index in [9.17, 15) is 4.79 Å². The van der Waals surface area contributed by atoms with Crippen LogP contribution in [0.5, 0.6) is 0 Å². The Kier molecular flexibility index (Phi) is 5.42. The van der Waals surface area contributed by atoms with Crippen LogP contribution < -0.4 is 0 Å². The van der Waals surface area contributed by atoms with E-state index in [4.69, 9.17) is 5.11 Å². The van der Waals surface area contributed by atoms with Crippen molar-refractivity contribution in [1.29, 1.82) is 0 Å². The van der Waals surface area contributed by atoms with Crippen LogP contribution >= 0.6 is 19.9 Å². The lowest BCUT2D eigenvalue weighted by molar-refractivity contribution is -0.123. The van der Waals surface area contributed by atoms with Crippen molar-refractivity contribution in [2.24, 2.45) is 0 Å². The van der Waals surface area contributed by atoms with Crippen LogP contribution in [0, 0.1) is 6.92 Å². The number of aliphatic hydroxyl groups is 1. The first kappa shape index (κ1) is 19.8. The number of fused-ring (bicyclic) bond motifs is 2. The molecular weight excluding hydrogens is 413 g/mol. The molecule has 0 fully saturated rings. The molecule has 30 heavy (non-hydrogen) atoms. The number of carbonyl (C=O) groups is 1. The molecule has 2 unspecified atom stereocenters. The Morgan fingerprint density at radius 3 is 3.07 bits per heavy atom. The maximum absolute atomic E-state index is 13.0. The average Bonchev–Trinajstić information content (AvgIpc) is 3.13. The van der Waals surface area contributed by atoms with Crippen molar-refractivity contribution >= 4 is 41.4 Å². The Bertz CT molecular complexity index is 1130. The summed E-state index contributed by atoms with van der Waals surface area (Å²) in [5, 5.41) is 11.3. The molecule has 3 aliphatic heterocycles. The molecule has 1 aromatic carbocycles. The van der Waals surface area contributed by atoms with Crippen LogP contribution in [0.25, 0.3) is 15.5 Å². The zero-order valence-electron chi connectivity index (χ0n) is 16.8. The predicted octanol–water partition coefficient (Wildman–Crippen LogP) is 3.87. The van der Waals surface area contributed by atoms with Crippen LogP contribution in [-0.2, 0) is 4.79 Å². The number of nitrogens with zero attached hydrogens (tertiary/aromatic N) is 3. The monoisotopic (exact) mass is 437 g/mol. The van der Waals surface area contributed by atoms with Gasteiger partial charge < -0.3 is 10.0 Å². The van der Waals surface area contributed by atoms with Crippen LogP contribution in [0.2, 0.25) is 0 Å². The highest BCUT2D eigenvalue weighted by Gasteiger charge is 2.29. The number of aryl methyl sites for hydroxylation is 1. The number of amides is 1. The molecule has 0 saturated carbocycles. The Labute approximate surface area is 181 Å². The molecule has 0 spiro atoms. The highest BCUT2D eigenvalue weighted by Crippen LogP contribution is 2.45. The van der Waals surface area contributed by atoms with E-state index in [0.29, 0.717) is 15.1 Å². The molecular formula is C23H24N3O2PS. The first-order valence-electron chi connectivity index (χ1n) is 10.2. The summed E-state index contributed by atoms with van der Waals surface area (Å²) in [4.78, 5) is 21.6. The van der Waals surface area contributed by atoms with E-state index in [-0.39, 0.29) is 18.3 Å². The maximum Gasteiger partial charge on any atom is 0.252 e. The number of benzene rings is 1. The topological polar surface area (TPSA) is 56.7 Å². The summed E-state index contributed by atoms with van der Waals surface area (Å²) < 4.78 is 1.17. The molecule has 0 saturated heterocycles. The van der Waals surface area contributed by atoms with Gasteiger partial charge in [0.2, 0.25) is 0 Å². The molecule has 5 rings (SSSR count). The Morgan fingerprint density at radius 1 is 1.37 bits per heavy atom. The van der Waals surface area contributed by atoms with Crippen LogP contribution in [0.4, 0.5) is 0 Å². The van der Waals surface area contributed by atoms with Crippen LogP contribution in [-0.4, -0.2) is 57.8 Å². The fraction of sp³-hybridized carbons (Fsp3) is 0.304. The van der Waals surface area contributed by atoms with E-state index in [1.165, 1.54) is 10.3 Å². The fourth-order valence-corrected chi connectivity index (χ4v) is 6.41. The third-order valence-corrected chi connectivity index (χ3v) is 8.19. The van der Waals surface area contributed by atoms with E-state index >= 15 is 0 Å². The summed E-state index contributed by atoms with van der Waals surface area (Å²) in [6, 6.07) is 6.31. The summed E-state index contributed by atoms with van der Waals surface area (Å²) >= 11 is 1.70. The quantitative estimate of drug-likeness (QED) is 0.738. The lowest BCUT2D eigenvalue weighted by Gasteiger charge is -2.35. The van der Waals surface area contributed by atoms with Gasteiger partial charge in [-0.25, -0.2) is 4.98 Å². The van der Waals surface area contributed by atoms with Gasteiger partial charge in [0.15, 0.2) is 0 Å². The van der Waals surface area contributed by atoms with E-state index in [1.54, 1.807) is 17.4 Å². The van der Waals surface area contributed by atoms with Crippen LogP contribution in [0.1, 0.15) is 17.0 Å². The molecule has 1 amide bonds. The number of rotatable bonds is 4. The summed E-state index contributed by atoms with van der Waals surface area (Å²) in [5.74, 6) is 0.143. The van der Waals surface area contributed by atoms with E-state index in [2.05, 4.69) is 46.3 Å². The molecule has 2 atom stereocenters. The maximum atomic E-state index is 13.0. The molecule has 2 aromatic rings. The van der Waals surface area contributed by atoms with Crippen molar-refractivity contribution in [3.8, 4) is 0 Å². The summed E-state index contributed by atoms with van der Waals surface area (Å²) in [7, 11) is 0.522. The predicted molar refractivity (Wildman–Crippen MR) is 125 cm³/mol. The van der Waals surface area contributed by atoms with E-state index in [1.807, 2.05) is 18.0 Å². The minimum atomic E-state index is 0.0505. The van der Waals surface area contributed by atoms with Crippen LogP contribution in [0.3, 0.4) is 0 Å². The minimum Gasteiger partial charge on any atom is -0.395 e. The molecule has 7 heteroatoms. The number of hydrogen-bond acceptors (Lipinski definition) is 5. The van der Waals surface area contributed by atoms with Gasteiger partial charge in [0.1, 0.15) is 0 Å². The van der Waals surface area contributed by atoms with Crippen molar-refractivity contribution in [2.75, 3.05) is 26.2 Å². The minimum absolute atomic E-state index is 0.0505. The number of aliphatic hydroxyl groups excluding tert-OH is 1. The van der Waals surface area contributed by atoms with Gasteiger partial charge in [-0.3, -0.25) is 9.69 Å². The largest absolute Gasteiger partial charge is 0.395 e. The molecule has 1 N–H and O–H groups in total. The second kappa shape index (κ2) is 8.20. The third kappa shape index (κ3) is 3.81. The molecule has 4 heterocycles.